The van der Waals surface area contributed by atoms with Gasteiger partial charge in [0.1, 0.15) is 5.58 Å². The Morgan fingerprint density at radius 1 is 1.05 bits per heavy atom. The molecule has 4 heterocycles. The van der Waals surface area contributed by atoms with Gasteiger partial charge in [-0.2, -0.15) is 0 Å². The third kappa shape index (κ3) is 2.71. The van der Waals surface area contributed by atoms with Gasteiger partial charge in [0.05, 0.1) is 26.9 Å². The lowest BCUT2D eigenvalue weighted by Crippen LogP contribution is -2.53. The van der Waals surface area contributed by atoms with Gasteiger partial charge in [-0.1, -0.05) is 59.3 Å². The number of amides is 2. The summed E-state index contributed by atoms with van der Waals surface area (Å²) >= 11 is 7.43. The maximum Gasteiger partial charge on any atom is 0.297 e. The number of rotatable bonds is 3. The summed E-state index contributed by atoms with van der Waals surface area (Å²) in [6, 6.07) is 19.1. The summed E-state index contributed by atoms with van der Waals surface area (Å²) in [5, 5.41) is 1.08. The molecule has 2 amide bonds. The number of benzene rings is 3. The Kier molecular flexibility index (Phi) is 4.52. The van der Waals surface area contributed by atoms with Crippen LogP contribution in [0, 0.1) is 0 Å². The molecule has 0 N–H and O–H groups in total. The quantitative estimate of drug-likeness (QED) is 0.291. The molecule has 0 bridgehead atoms. The van der Waals surface area contributed by atoms with E-state index in [0.29, 0.717) is 27.2 Å². The van der Waals surface area contributed by atoms with Crippen molar-refractivity contribution in [2.45, 2.75) is 5.54 Å². The molecule has 180 valence electrons. The van der Waals surface area contributed by atoms with Crippen LogP contribution in [0.15, 0.2) is 88.6 Å². The van der Waals surface area contributed by atoms with Crippen molar-refractivity contribution in [2.75, 3.05) is 16.3 Å². The summed E-state index contributed by atoms with van der Waals surface area (Å²) in [5.41, 5.74) is -0.223. The number of carbonyl (C=O) groups excluding carboxylic acids is 2. The molecule has 9 heteroatoms. The molecule has 1 spiro atoms. The van der Waals surface area contributed by atoms with Crippen molar-refractivity contribution in [3.8, 4) is 0 Å². The van der Waals surface area contributed by atoms with Crippen LogP contribution in [0.25, 0.3) is 21.2 Å². The third-order valence-corrected chi connectivity index (χ3v) is 8.11. The average Bonchev–Trinajstić information content (AvgIpc) is 3.50. The van der Waals surface area contributed by atoms with Crippen molar-refractivity contribution >= 4 is 66.8 Å². The van der Waals surface area contributed by atoms with E-state index in [1.165, 1.54) is 21.1 Å². The molecule has 2 aliphatic rings. The van der Waals surface area contributed by atoms with Crippen LogP contribution in [0.2, 0.25) is 5.02 Å². The number of anilines is 2. The highest BCUT2D eigenvalue weighted by Crippen LogP contribution is 2.54. The number of para-hydroxylation sites is 2. The number of nitrogens with zero attached hydrogens (tertiary/aromatic N) is 3. The van der Waals surface area contributed by atoms with E-state index in [1.807, 2.05) is 6.07 Å². The van der Waals surface area contributed by atoms with Crippen molar-refractivity contribution in [1.29, 1.82) is 0 Å². The minimum atomic E-state index is -1.78. The number of thiazole rings is 1. The first kappa shape index (κ1) is 22.0. The molecule has 0 fully saturated rings. The molecule has 1 atom stereocenters. The van der Waals surface area contributed by atoms with Crippen molar-refractivity contribution < 1.29 is 14.0 Å². The van der Waals surface area contributed by atoms with Gasteiger partial charge in [0, 0.05) is 17.1 Å². The fraction of sp³-hybridized carbons (Fsp3) is 0.0714. The van der Waals surface area contributed by atoms with E-state index in [-0.39, 0.29) is 28.6 Å². The van der Waals surface area contributed by atoms with Crippen LogP contribution >= 0.6 is 22.9 Å². The summed E-state index contributed by atoms with van der Waals surface area (Å²) in [4.78, 5) is 50.3. The highest BCUT2D eigenvalue weighted by Gasteiger charge is 2.66. The Morgan fingerprint density at radius 2 is 1.84 bits per heavy atom. The summed E-state index contributed by atoms with van der Waals surface area (Å²) in [5.74, 6) is -1.21. The average molecular weight is 526 g/mol. The van der Waals surface area contributed by atoms with Crippen LogP contribution in [-0.2, 0) is 10.3 Å². The third-order valence-electron chi connectivity index (χ3n) is 6.87. The lowest BCUT2D eigenvalue weighted by atomic mass is 9.84. The molecule has 2 aliphatic heterocycles. The molecular weight excluding hydrogens is 510 g/mol. The minimum absolute atomic E-state index is 0.00231. The van der Waals surface area contributed by atoms with Crippen LogP contribution in [0.3, 0.4) is 0 Å². The Hall–Kier alpha value is -4.27. The largest absolute Gasteiger partial charge is 0.450 e. The molecule has 0 saturated heterocycles. The molecule has 0 radical (unpaired) electrons. The fourth-order valence-corrected chi connectivity index (χ4v) is 6.69. The lowest BCUT2D eigenvalue weighted by Gasteiger charge is -2.32. The molecule has 7 nitrogen and oxygen atoms in total. The van der Waals surface area contributed by atoms with Crippen LogP contribution in [0.4, 0.5) is 10.8 Å². The highest BCUT2D eigenvalue weighted by molar-refractivity contribution is 7.22. The highest BCUT2D eigenvalue weighted by atomic mass is 35.5. The first-order chi connectivity index (χ1) is 18.0. The van der Waals surface area contributed by atoms with E-state index in [1.54, 1.807) is 66.7 Å². The summed E-state index contributed by atoms with van der Waals surface area (Å²) in [6.07, 6.45) is 1.61. The lowest BCUT2D eigenvalue weighted by molar-refractivity contribution is -0.121. The van der Waals surface area contributed by atoms with Gasteiger partial charge in [-0.25, -0.2) is 4.98 Å². The molecule has 1 unspecified atom stereocenters. The standard InChI is InChI=1S/C28H16ClN3O4S/c1-2-13-31-19-9-5-4-8-17(19)28(26(31)35)22-23(33)16-7-3-6-10-20(16)36-24(22)25(34)32(28)27-30-18-12-11-15(29)14-21(18)37-27/h2-12,14H,1,13H2. The Morgan fingerprint density at radius 3 is 2.68 bits per heavy atom. The first-order valence-corrected chi connectivity index (χ1v) is 12.7. The normalized spacial score (nSPS) is 18.3. The van der Waals surface area contributed by atoms with Gasteiger partial charge in [0.15, 0.2) is 16.1 Å². The van der Waals surface area contributed by atoms with Crippen molar-refractivity contribution in [3.63, 3.8) is 0 Å². The van der Waals surface area contributed by atoms with E-state index in [0.717, 1.165) is 4.70 Å². The molecule has 0 saturated carbocycles. The molecular formula is C28H16ClN3O4S. The van der Waals surface area contributed by atoms with E-state index >= 15 is 0 Å². The predicted molar refractivity (Wildman–Crippen MR) is 144 cm³/mol. The zero-order valence-electron chi connectivity index (χ0n) is 19.1. The smallest absolute Gasteiger partial charge is 0.297 e. The molecule has 3 aromatic carbocycles. The van der Waals surface area contributed by atoms with Gasteiger partial charge >= 0.3 is 0 Å². The van der Waals surface area contributed by atoms with E-state index in [4.69, 9.17) is 21.0 Å². The minimum Gasteiger partial charge on any atom is -0.450 e. The van der Waals surface area contributed by atoms with Crippen molar-refractivity contribution in [1.82, 2.24) is 4.98 Å². The SMILES string of the molecule is C=CCN1C(=O)C2(c3ccccc31)c1c(oc3ccccc3c1=O)C(=O)N2c1nc2ccc(Cl)cc2s1. The summed E-state index contributed by atoms with van der Waals surface area (Å²) < 4.78 is 6.80. The molecule has 0 aliphatic carbocycles. The number of aromatic nitrogens is 1. The van der Waals surface area contributed by atoms with Crippen molar-refractivity contribution in [3.05, 3.63) is 112 Å². The zero-order chi connectivity index (χ0) is 25.5. The molecule has 37 heavy (non-hydrogen) atoms. The monoisotopic (exact) mass is 525 g/mol. The van der Waals surface area contributed by atoms with Crippen LogP contribution in [0.5, 0.6) is 0 Å². The number of hydrogen-bond acceptors (Lipinski definition) is 6. The predicted octanol–water partition coefficient (Wildman–Crippen LogP) is 5.49. The topological polar surface area (TPSA) is 83.7 Å². The summed E-state index contributed by atoms with van der Waals surface area (Å²) in [7, 11) is 0. The first-order valence-electron chi connectivity index (χ1n) is 11.5. The van der Waals surface area contributed by atoms with Gasteiger partial charge < -0.3 is 9.32 Å². The van der Waals surface area contributed by atoms with E-state index in [9.17, 15) is 14.4 Å². The van der Waals surface area contributed by atoms with Crippen molar-refractivity contribution in [2.24, 2.45) is 0 Å². The Labute approximate surface area is 218 Å². The van der Waals surface area contributed by atoms with Crippen LogP contribution < -0.4 is 15.2 Å². The maximum absolute atomic E-state index is 14.5. The molecule has 7 rings (SSSR count). The maximum atomic E-state index is 14.5. The van der Waals surface area contributed by atoms with Gasteiger partial charge in [-0.05, 0) is 36.4 Å². The van der Waals surface area contributed by atoms with E-state index in [2.05, 4.69) is 6.58 Å². The van der Waals surface area contributed by atoms with Crippen LogP contribution in [-0.4, -0.2) is 23.3 Å². The second kappa shape index (κ2) is 7.61. The second-order valence-corrected chi connectivity index (χ2v) is 10.3. The Balaban J connectivity index is 1.63. The van der Waals surface area contributed by atoms with Crippen LogP contribution in [0.1, 0.15) is 21.7 Å². The number of carbonyl (C=O) groups is 2. The molecule has 5 aromatic rings. The number of halogens is 1. The second-order valence-electron chi connectivity index (χ2n) is 8.81. The number of fused-ring (bicyclic) bond motifs is 6. The zero-order valence-corrected chi connectivity index (χ0v) is 20.7. The van der Waals surface area contributed by atoms with Gasteiger partial charge in [0.2, 0.25) is 5.76 Å². The fourth-order valence-electron chi connectivity index (χ4n) is 5.40. The summed E-state index contributed by atoms with van der Waals surface area (Å²) in [6.45, 7) is 4.00. The van der Waals surface area contributed by atoms with E-state index < -0.39 is 22.8 Å². The number of hydrogen-bond donors (Lipinski definition) is 0. The molecule has 2 aromatic heterocycles. The van der Waals surface area contributed by atoms with Gasteiger partial charge in [-0.15, -0.1) is 6.58 Å². The van der Waals surface area contributed by atoms with Gasteiger partial charge in [0.25, 0.3) is 11.8 Å². The Bertz CT molecular complexity index is 1890. The van der Waals surface area contributed by atoms with Gasteiger partial charge in [-0.3, -0.25) is 19.3 Å².